The van der Waals surface area contributed by atoms with E-state index in [0.29, 0.717) is 25.8 Å². The molecule has 1 aromatic heterocycles. The molecule has 0 amide bonds. The highest BCUT2D eigenvalue weighted by Gasteiger charge is 2.30. The number of nitrogens with zero attached hydrogens (tertiary/aromatic N) is 1. The molecular formula is C19H25NO4. The SMILES string of the molecule is COc1cccc(CN(C[C@@H](O)COCc2ccco2)C2CC2)c1. The van der Waals surface area contributed by atoms with Gasteiger partial charge in [-0.1, -0.05) is 12.1 Å². The van der Waals surface area contributed by atoms with Crippen molar-refractivity contribution >= 4 is 0 Å². The Balaban J connectivity index is 1.48. The Bertz CT molecular complexity index is 610. The van der Waals surface area contributed by atoms with Gasteiger partial charge < -0.3 is 19.0 Å². The monoisotopic (exact) mass is 331 g/mol. The molecule has 5 nitrogen and oxygen atoms in total. The second kappa shape index (κ2) is 8.33. The minimum atomic E-state index is -0.508. The second-order valence-electron chi connectivity index (χ2n) is 6.26. The van der Waals surface area contributed by atoms with E-state index in [1.54, 1.807) is 13.4 Å². The van der Waals surface area contributed by atoms with Crippen LogP contribution in [0.25, 0.3) is 0 Å². The fourth-order valence-corrected chi connectivity index (χ4v) is 2.80. The van der Waals surface area contributed by atoms with Gasteiger partial charge in [0.25, 0.3) is 0 Å². The first-order valence-corrected chi connectivity index (χ1v) is 8.40. The van der Waals surface area contributed by atoms with Crippen molar-refractivity contribution in [3.63, 3.8) is 0 Å². The highest BCUT2D eigenvalue weighted by atomic mass is 16.5. The van der Waals surface area contributed by atoms with E-state index in [0.717, 1.165) is 18.1 Å². The van der Waals surface area contributed by atoms with Crippen molar-refractivity contribution in [1.82, 2.24) is 4.90 Å². The third-order valence-corrected chi connectivity index (χ3v) is 4.16. The second-order valence-corrected chi connectivity index (χ2v) is 6.26. The van der Waals surface area contributed by atoms with Crippen molar-refractivity contribution in [1.29, 1.82) is 0 Å². The minimum absolute atomic E-state index is 0.308. The molecule has 1 saturated carbocycles. The van der Waals surface area contributed by atoms with Gasteiger partial charge in [0, 0.05) is 19.1 Å². The highest BCUT2D eigenvalue weighted by Crippen LogP contribution is 2.29. The van der Waals surface area contributed by atoms with Crippen LogP contribution in [0.5, 0.6) is 5.75 Å². The molecule has 0 radical (unpaired) electrons. The molecule has 0 spiro atoms. The summed E-state index contributed by atoms with van der Waals surface area (Å²) in [5, 5.41) is 10.3. The summed E-state index contributed by atoms with van der Waals surface area (Å²) in [5.74, 6) is 1.64. The fourth-order valence-electron chi connectivity index (χ4n) is 2.80. The number of methoxy groups -OCH3 is 1. The van der Waals surface area contributed by atoms with Crippen molar-refractivity contribution in [3.05, 3.63) is 54.0 Å². The average Bonchev–Trinajstić information content (AvgIpc) is 3.31. The molecule has 1 fully saturated rings. The van der Waals surface area contributed by atoms with Gasteiger partial charge in [-0.2, -0.15) is 0 Å². The van der Waals surface area contributed by atoms with E-state index < -0.39 is 6.10 Å². The Labute approximate surface area is 142 Å². The lowest BCUT2D eigenvalue weighted by Crippen LogP contribution is -2.36. The number of furan rings is 1. The van der Waals surface area contributed by atoms with E-state index in [4.69, 9.17) is 13.9 Å². The quantitative estimate of drug-likeness (QED) is 0.725. The molecule has 1 N–H and O–H groups in total. The van der Waals surface area contributed by atoms with Crippen LogP contribution in [0.2, 0.25) is 0 Å². The number of benzene rings is 1. The lowest BCUT2D eigenvalue weighted by molar-refractivity contribution is 0.00246. The standard InChI is InChI=1S/C19H25NO4/c1-22-18-5-2-4-15(10-18)11-20(16-7-8-16)12-17(21)13-23-14-19-6-3-9-24-19/h2-6,9-10,16-17,21H,7-8,11-14H2,1H3/t17-/m1/s1. The van der Waals surface area contributed by atoms with Gasteiger partial charge in [-0.15, -0.1) is 0 Å². The van der Waals surface area contributed by atoms with E-state index in [2.05, 4.69) is 17.0 Å². The molecule has 2 aromatic rings. The van der Waals surface area contributed by atoms with E-state index in [9.17, 15) is 5.11 Å². The van der Waals surface area contributed by atoms with Crippen LogP contribution >= 0.6 is 0 Å². The summed E-state index contributed by atoms with van der Waals surface area (Å²) in [6.07, 6.45) is 3.51. The maximum absolute atomic E-state index is 10.3. The van der Waals surface area contributed by atoms with E-state index in [1.807, 2.05) is 24.3 Å². The molecule has 0 aliphatic heterocycles. The number of rotatable bonds is 10. The van der Waals surface area contributed by atoms with Crippen molar-refractivity contribution in [2.45, 2.75) is 38.1 Å². The van der Waals surface area contributed by atoms with Crippen LogP contribution in [-0.4, -0.2) is 42.4 Å². The van der Waals surface area contributed by atoms with Gasteiger partial charge in [0.1, 0.15) is 18.1 Å². The summed E-state index contributed by atoms with van der Waals surface area (Å²) in [6, 6.07) is 12.4. The van der Waals surface area contributed by atoms with Crippen molar-refractivity contribution in [2.24, 2.45) is 0 Å². The molecule has 5 heteroatoms. The highest BCUT2D eigenvalue weighted by molar-refractivity contribution is 5.28. The van der Waals surface area contributed by atoms with Gasteiger partial charge in [-0.05, 0) is 42.7 Å². The zero-order valence-corrected chi connectivity index (χ0v) is 14.1. The Hall–Kier alpha value is -1.82. The zero-order chi connectivity index (χ0) is 16.8. The molecule has 0 bridgehead atoms. The Morgan fingerprint density at radius 1 is 1.29 bits per heavy atom. The number of ether oxygens (including phenoxy) is 2. The van der Waals surface area contributed by atoms with E-state index in [1.165, 1.54) is 18.4 Å². The van der Waals surface area contributed by atoms with Crippen LogP contribution < -0.4 is 4.74 Å². The summed E-state index contributed by atoms with van der Waals surface area (Å²) in [4.78, 5) is 2.33. The molecule has 1 aliphatic carbocycles. The molecule has 0 saturated heterocycles. The summed E-state index contributed by atoms with van der Waals surface area (Å²) in [7, 11) is 1.68. The summed E-state index contributed by atoms with van der Waals surface area (Å²) >= 11 is 0. The summed E-state index contributed by atoms with van der Waals surface area (Å²) < 4.78 is 16.0. The molecule has 3 rings (SSSR count). The fraction of sp³-hybridized carbons (Fsp3) is 0.474. The van der Waals surface area contributed by atoms with Crippen LogP contribution in [-0.2, 0) is 17.9 Å². The Kier molecular flexibility index (Phi) is 5.91. The molecule has 1 atom stereocenters. The van der Waals surface area contributed by atoms with Crippen LogP contribution in [0, 0.1) is 0 Å². The molecule has 24 heavy (non-hydrogen) atoms. The number of aliphatic hydroxyl groups excluding tert-OH is 1. The van der Waals surface area contributed by atoms with Gasteiger partial charge in [-0.3, -0.25) is 4.90 Å². The molecule has 1 aliphatic rings. The van der Waals surface area contributed by atoms with Crippen LogP contribution in [0.1, 0.15) is 24.2 Å². The Morgan fingerprint density at radius 3 is 2.88 bits per heavy atom. The summed E-state index contributed by atoms with van der Waals surface area (Å²) in [6.45, 7) is 2.13. The zero-order valence-electron chi connectivity index (χ0n) is 14.1. The largest absolute Gasteiger partial charge is 0.497 e. The molecule has 0 unspecified atom stereocenters. The van der Waals surface area contributed by atoms with Crippen LogP contribution in [0.4, 0.5) is 0 Å². The number of hydrogen-bond acceptors (Lipinski definition) is 5. The van der Waals surface area contributed by atoms with Crippen molar-refractivity contribution < 1.29 is 19.0 Å². The van der Waals surface area contributed by atoms with Crippen LogP contribution in [0.3, 0.4) is 0 Å². The first-order chi connectivity index (χ1) is 11.7. The van der Waals surface area contributed by atoms with Gasteiger partial charge in [-0.25, -0.2) is 0 Å². The van der Waals surface area contributed by atoms with Crippen LogP contribution in [0.15, 0.2) is 47.1 Å². The van der Waals surface area contributed by atoms with E-state index >= 15 is 0 Å². The van der Waals surface area contributed by atoms with Crippen molar-refractivity contribution in [3.8, 4) is 5.75 Å². The lowest BCUT2D eigenvalue weighted by atomic mass is 10.2. The van der Waals surface area contributed by atoms with Gasteiger partial charge in [0.05, 0.1) is 26.1 Å². The maximum atomic E-state index is 10.3. The topological polar surface area (TPSA) is 55.1 Å². The lowest BCUT2D eigenvalue weighted by Gasteiger charge is -2.25. The van der Waals surface area contributed by atoms with Crippen molar-refractivity contribution in [2.75, 3.05) is 20.3 Å². The minimum Gasteiger partial charge on any atom is -0.497 e. The van der Waals surface area contributed by atoms with Gasteiger partial charge in [0.15, 0.2) is 0 Å². The molecule has 130 valence electrons. The first kappa shape index (κ1) is 17.0. The summed E-state index contributed by atoms with van der Waals surface area (Å²) in [5.41, 5.74) is 1.20. The van der Waals surface area contributed by atoms with E-state index in [-0.39, 0.29) is 0 Å². The molecular weight excluding hydrogens is 306 g/mol. The molecule has 1 heterocycles. The third kappa shape index (κ3) is 5.09. The normalized spacial score (nSPS) is 15.6. The predicted molar refractivity (Wildman–Crippen MR) is 90.8 cm³/mol. The number of aliphatic hydroxyl groups is 1. The number of hydrogen-bond donors (Lipinski definition) is 1. The maximum Gasteiger partial charge on any atom is 0.129 e. The Morgan fingerprint density at radius 2 is 2.17 bits per heavy atom. The third-order valence-electron chi connectivity index (χ3n) is 4.16. The predicted octanol–water partition coefficient (Wildman–Crippen LogP) is 2.83. The van der Waals surface area contributed by atoms with Gasteiger partial charge in [0.2, 0.25) is 0 Å². The molecule has 1 aromatic carbocycles. The first-order valence-electron chi connectivity index (χ1n) is 8.40. The average molecular weight is 331 g/mol. The smallest absolute Gasteiger partial charge is 0.129 e. The van der Waals surface area contributed by atoms with Gasteiger partial charge >= 0.3 is 0 Å².